The van der Waals surface area contributed by atoms with Gasteiger partial charge in [-0.05, 0) is 12.1 Å². The number of anilines is 1. The Bertz CT molecular complexity index is 917. The van der Waals surface area contributed by atoms with Gasteiger partial charge in [-0.2, -0.15) is 0 Å². The fourth-order valence-corrected chi connectivity index (χ4v) is 4.29. The van der Waals surface area contributed by atoms with E-state index in [9.17, 15) is 4.79 Å². The summed E-state index contributed by atoms with van der Waals surface area (Å²) < 4.78 is 0. The topological polar surface area (TPSA) is 40.2 Å². The fraction of sp³-hybridized carbons (Fsp3) is 0.240. The first-order chi connectivity index (χ1) is 14.7. The molecule has 154 valence electrons. The van der Waals surface area contributed by atoms with Crippen molar-refractivity contribution in [2.75, 3.05) is 37.6 Å². The zero-order valence-electron chi connectivity index (χ0n) is 17.0. The number of carbonyl (C=O) groups excluding carboxylic acids is 1. The molecule has 3 aromatic carbocycles. The summed E-state index contributed by atoms with van der Waals surface area (Å²) in [7, 11) is 0. The average molecular weight is 421 g/mol. The Balaban J connectivity index is 1.37. The van der Waals surface area contributed by atoms with Gasteiger partial charge in [0.1, 0.15) is 6.04 Å². The molecule has 3 aromatic rings. The molecular formula is C25H27ClN3O+. The molecule has 4 nitrogen and oxygen atoms in total. The lowest BCUT2D eigenvalue weighted by atomic mass is 9.99. The van der Waals surface area contributed by atoms with E-state index in [1.54, 1.807) is 0 Å². The number of quaternary nitrogens is 1. The zero-order valence-corrected chi connectivity index (χ0v) is 17.7. The number of nitrogens with two attached hydrogens (primary N) is 1. The zero-order chi connectivity index (χ0) is 20.8. The molecule has 1 fully saturated rings. The summed E-state index contributed by atoms with van der Waals surface area (Å²) in [5.74, 6) is 0.186. The third-order valence-electron chi connectivity index (χ3n) is 5.67. The Kier molecular flexibility index (Phi) is 6.67. The molecule has 1 amide bonds. The van der Waals surface area contributed by atoms with E-state index in [1.807, 2.05) is 41.3 Å². The molecule has 0 saturated carbocycles. The van der Waals surface area contributed by atoms with Crippen LogP contribution < -0.4 is 10.2 Å². The van der Waals surface area contributed by atoms with Crippen molar-refractivity contribution in [3.63, 3.8) is 0 Å². The molecule has 4 rings (SSSR count). The molecular weight excluding hydrogens is 394 g/mol. The Morgan fingerprint density at radius 2 is 1.33 bits per heavy atom. The molecule has 0 atom stereocenters. The summed E-state index contributed by atoms with van der Waals surface area (Å²) >= 11 is 6.33. The average Bonchev–Trinajstić information content (AvgIpc) is 2.81. The minimum atomic E-state index is 0.112. The second kappa shape index (κ2) is 9.79. The summed E-state index contributed by atoms with van der Waals surface area (Å²) in [4.78, 5) is 17.2. The van der Waals surface area contributed by atoms with Crippen LogP contribution in [0.25, 0.3) is 0 Å². The van der Waals surface area contributed by atoms with Gasteiger partial charge in [0.05, 0.1) is 10.7 Å². The van der Waals surface area contributed by atoms with Crippen molar-refractivity contribution in [3.8, 4) is 0 Å². The maximum Gasteiger partial charge on any atom is 0.277 e. The number of halogens is 1. The lowest BCUT2D eigenvalue weighted by Gasteiger charge is -2.36. The molecule has 1 saturated heterocycles. The van der Waals surface area contributed by atoms with Crippen LogP contribution in [0, 0.1) is 0 Å². The quantitative estimate of drug-likeness (QED) is 0.664. The standard InChI is InChI=1S/C25H26ClN3O/c26-22-13-7-8-14-23(22)28-15-17-29(18-16-28)24(30)19-27-25(20-9-3-1-4-10-20)21-11-5-2-6-12-21/h1-14,25,27H,15-19H2/p+1. The summed E-state index contributed by atoms with van der Waals surface area (Å²) in [5, 5.41) is 2.91. The molecule has 1 aliphatic heterocycles. The van der Waals surface area contributed by atoms with Crippen LogP contribution in [0.5, 0.6) is 0 Å². The van der Waals surface area contributed by atoms with Gasteiger partial charge in [-0.3, -0.25) is 4.79 Å². The van der Waals surface area contributed by atoms with Crippen LogP contribution in [0.1, 0.15) is 17.2 Å². The van der Waals surface area contributed by atoms with Crippen LogP contribution >= 0.6 is 11.6 Å². The van der Waals surface area contributed by atoms with E-state index in [0.717, 1.165) is 36.9 Å². The molecule has 5 heteroatoms. The van der Waals surface area contributed by atoms with E-state index in [-0.39, 0.29) is 11.9 Å². The van der Waals surface area contributed by atoms with Crippen molar-refractivity contribution in [3.05, 3.63) is 101 Å². The van der Waals surface area contributed by atoms with Crippen LogP contribution in [0.15, 0.2) is 84.9 Å². The van der Waals surface area contributed by atoms with Gasteiger partial charge in [0, 0.05) is 37.3 Å². The van der Waals surface area contributed by atoms with Gasteiger partial charge >= 0.3 is 0 Å². The highest BCUT2D eigenvalue weighted by atomic mass is 35.5. The van der Waals surface area contributed by atoms with Gasteiger partial charge in [-0.1, -0.05) is 84.4 Å². The molecule has 0 bridgehead atoms. The Hall–Kier alpha value is -2.82. The number of benzene rings is 3. The van der Waals surface area contributed by atoms with Crippen LogP contribution in [0.2, 0.25) is 5.02 Å². The predicted molar refractivity (Wildman–Crippen MR) is 122 cm³/mol. The number of hydrogen-bond donors (Lipinski definition) is 1. The number of nitrogens with zero attached hydrogens (tertiary/aromatic N) is 2. The molecule has 0 radical (unpaired) electrons. The highest BCUT2D eigenvalue weighted by Gasteiger charge is 2.25. The number of piperazine rings is 1. The van der Waals surface area contributed by atoms with E-state index < -0.39 is 0 Å². The fourth-order valence-electron chi connectivity index (χ4n) is 4.04. The summed E-state index contributed by atoms with van der Waals surface area (Å²) in [6.07, 6.45) is 0. The lowest BCUT2D eigenvalue weighted by Crippen LogP contribution is -2.88. The van der Waals surface area contributed by atoms with Gasteiger partial charge in [-0.25, -0.2) is 0 Å². The second-order valence-electron chi connectivity index (χ2n) is 7.56. The van der Waals surface area contributed by atoms with Gasteiger partial charge in [0.25, 0.3) is 5.91 Å². The van der Waals surface area contributed by atoms with Crippen molar-refractivity contribution >= 4 is 23.2 Å². The monoisotopic (exact) mass is 420 g/mol. The first-order valence-corrected chi connectivity index (χ1v) is 10.8. The van der Waals surface area contributed by atoms with E-state index in [2.05, 4.69) is 58.7 Å². The summed E-state index contributed by atoms with van der Waals surface area (Å²) in [6.45, 7) is 3.48. The smallest absolute Gasteiger partial charge is 0.277 e. The van der Waals surface area contributed by atoms with E-state index >= 15 is 0 Å². The van der Waals surface area contributed by atoms with Crippen LogP contribution in [-0.4, -0.2) is 43.5 Å². The highest BCUT2D eigenvalue weighted by molar-refractivity contribution is 6.33. The highest BCUT2D eigenvalue weighted by Crippen LogP contribution is 2.26. The minimum Gasteiger partial charge on any atom is -0.367 e. The van der Waals surface area contributed by atoms with Crippen molar-refractivity contribution in [1.29, 1.82) is 0 Å². The number of para-hydroxylation sites is 1. The van der Waals surface area contributed by atoms with E-state index in [1.165, 1.54) is 11.1 Å². The molecule has 0 aromatic heterocycles. The normalized spacial score (nSPS) is 14.2. The summed E-state index contributed by atoms with van der Waals surface area (Å²) in [6, 6.07) is 28.8. The molecule has 0 aliphatic carbocycles. The third kappa shape index (κ3) is 4.84. The lowest BCUT2D eigenvalue weighted by molar-refractivity contribution is -0.677. The molecule has 1 aliphatic rings. The van der Waals surface area contributed by atoms with Crippen molar-refractivity contribution in [2.45, 2.75) is 6.04 Å². The number of carbonyl (C=O) groups is 1. The van der Waals surface area contributed by atoms with E-state index in [0.29, 0.717) is 6.54 Å². The predicted octanol–water partition coefficient (Wildman–Crippen LogP) is 3.34. The maximum absolute atomic E-state index is 12.9. The van der Waals surface area contributed by atoms with Crippen molar-refractivity contribution in [2.24, 2.45) is 0 Å². The van der Waals surface area contributed by atoms with Gasteiger partial charge in [-0.15, -0.1) is 0 Å². The molecule has 0 unspecified atom stereocenters. The number of hydrogen-bond acceptors (Lipinski definition) is 2. The second-order valence-corrected chi connectivity index (χ2v) is 7.97. The number of rotatable bonds is 6. The van der Waals surface area contributed by atoms with Crippen molar-refractivity contribution in [1.82, 2.24) is 4.90 Å². The largest absolute Gasteiger partial charge is 0.367 e. The SMILES string of the molecule is O=C(C[NH2+]C(c1ccccc1)c1ccccc1)N1CCN(c2ccccc2Cl)CC1. The molecule has 0 spiro atoms. The van der Waals surface area contributed by atoms with Crippen molar-refractivity contribution < 1.29 is 10.1 Å². The third-order valence-corrected chi connectivity index (χ3v) is 5.99. The van der Waals surface area contributed by atoms with Crippen LogP contribution in [-0.2, 0) is 4.79 Å². The first kappa shape index (κ1) is 20.5. The van der Waals surface area contributed by atoms with Gasteiger partial charge in [0.15, 0.2) is 6.54 Å². The van der Waals surface area contributed by atoms with Crippen LogP contribution in [0.4, 0.5) is 5.69 Å². The number of amides is 1. The molecule has 1 heterocycles. The Morgan fingerprint density at radius 3 is 1.90 bits per heavy atom. The van der Waals surface area contributed by atoms with Gasteiger partial charge < -0.3 is 15.1 Å². The van der Waals surface area contributed by atoms with E-state index in [4.69, 9.17) is 11.6 Å². The maximum atomic E-state index is 12.9. The first-order valence-electron chi connectivity index (χ1n) is 10.4. The summed E-state index contributed by atoms with van der Waals surface area (Å²) in [5.41, 5.74) is 3.46. The van der Waals surface area contributed by atoms with Gasteiger partial charge in [0.2, 0.25) is 0 Å². The molecule has 2 N–H and O–H groups in total. The van der Waals surface area contributed by atoms with Crippen LogP contribution in [0.3, 0.4) is 0 Å². The molecule has 30 heavy (non-hydrogen) atoms. The Morgan fingerprint density at radius 1 is 0.800 bits per heavy atom. The Labute approximate surface area is 183 Å². The minimum absolute atomic E-state index is 0.112.